The van der Waals surface area contributed by atoms with Gasteiger partial charge in [-0.2, -0.15) is 0 Å². The van der Waals surface area contributed by atoms with E-state index in [1.807, 2.05) is 35.2 Å². The second kappa shape index (κ2) is 8.53. The van der Waals surface area contributed by atoms with Crippen molar-refractivity contribution >= 4 is 12.1 Å². The maximum Gasteiger partial charge on any atom is 0.407 e. The molecule has 23 heavy (non-hydrogen) atoms. The zero-order valence-corrected chi connectivity index (χ0v) is 13.4. The van der Waals surface area contributed by atoms with Crippen LogP contribution in [0.25, 0.3) is 0 Å². The molecule has 2 unspecified atom stereocenters. The van der Waals surface area contributed by atoms with Gasteiger partial charge in [-0.25, -0.2) is 4.79 Å². The van der Waals surface area contributed by atoms with E-state index in [1.54, 1.807) is 0 Å². The molecule has 1 aliphatic heterocycles. The van der Waals surface area contributed by atoms with E-state index in [2.05, 4.69) is 12.2 Å². The molecule has 0 bridgehead atoms. The third-order valence-corrected chi connectivity index (χ3v) is 4.02. The van der Waals surface area contributed by atoms with Crippen LogP contribution in [0.15, 0.2) is 30.3 Å². The fourth-order valence-electron chi connectivity index (χ4n) is 2.80. The molecule has 6 nitrogen and oxygen atoms in total. The monoisotopic (exact) mass is 320 g/mol. The Hall–Kier alpha value is -2.08. The van der Waals surface area contributed by atoms with E-state index in [0.29, 0.717) is 13.0 Å². The lowest BCUT2D eigenvalue weighted by molar-refractivity contribution is -0.142. The van der Waals surface area contributed by atoms with E-state index in [9.17, 15) is 14.7 Å². The maximum absolute atomic E-state index is 11.9. The van der Waals surface area contributed by atoms with E-state index >= 15 is 0 Å². The molecule has 1 fully saturated rings. The molecule has 6 heteroatoms. The number of benzene rings is 1. The van der Waals surface area contributed by atoms with Crippen LogP contribution < -0.4 is 5.32 Å². The molecule has 0 aliphatic carbocycles. The number of alkyl carbamates (subject to hydrolysis) is 1. The molecule has 126 valence electrons. The third-order valence-electron chi connectivity index (χ3n) is 4.02. The van der Waals surface area contributed by atoms with Crippen molar-refractivity contribution in [3.05, 3.63) is 35.9 Å². The molecule has 1 aliphatic rings. The Morgan fingerprint density at radius 2 is 2.09 bits per heavy atom. The van der Waals surface area contributed by atoms with Crippen molar-refractivity contribution in [1.29, 1.82) is 0 Å². The average Bonchev–Trinajstić information content (AvgIpc) is 2.95. The molecule has 1 aromatic carbocycles. The lowest BCUT2D eigenvalue weighted by Gasteiger charge is -2.20. The van der Waals surface area contributed by atoms with Gasteiger partial charge in [0.1, 0.15) is 12.6 Å². The van der Waals surface area contributed by atoms with Crippen LogP contribution in [-0.4, -0.2) is 47.2 Å². The topological polar surface area (TPSA) is 78.9 Å². The van der Waals surface area contributed by atoms with Crippen molar-refractivity contribution in [3.8, 4) is 0 Å². The molecule has 0 spiro atoms. The SMILES string of the molecule is CCCCN1CC(NC(=O)OCc2ccccc2)CC1C(=O)O. The minimum atomic E-state index is -0.831. The fourth-order valence-corrected chi connectivity index (χ4v) is 2.80. The largest absolute Gasteiger partial charge is 0.480 e. The predicted molar refractivity (Wildman–Crippen MR) is 86.1 cm³/mol. The first-order valence-corrected chi connectivity index (χ1v) is 8.04. The number of unbranched alkanes of at least 4 members (excludes halogenated alkanes) is 1. The number of amides is 1. The zero-order chi connectivity index (χ0) is 16.7. The number of nitrogens with zero attached hydrogens (tertiary/aromatic N) is 1. The summed E-state index contributed by atoms with van der Waals surface area (Å²) in [7, 11) is 0. The van der Waals surface area contributed by atoms with Crippen molar-refractivity contribution < 1.29 is 19.4 Å². The first-order chi connectivity index (χ1) is 11.1. The van der Waals surface area contributed by atoms with Crippen LogP contribution >= 0.6 is 0 Å². The Morgan fingerprint density at radius 3 is 2.74 bits per heavy atom. The van der Waals surface area contributed by atoms with Gasteiger partial charge < -0.3 is 15.2 Å². The van der Waals surface area contributed by atoms with Crippen LogP contribution in [0.4, 0.5) is 4.79 Å². The summed E-state index contributed by atoms with van der Waals surface area (Å²) in [6.45, 7) is 3.58. The van der Waals surface area contributed by atoms with Gasteiger partial charge >= 0.3 is 12.1 Å². The minimum Gasteiger partial charge on any atom is -0.480 e. The number of aliphatic carboxylic acids is 1. The van der Waals surface area contributed by atoms with Gasteiger partial charge in [0.05, 0.1) is 0 Å². The summed E-state index contributed by atoms with van der Waals surface area (Å²) >= 11 is 0. The van der Waals surface area contributed by atoms with E-state index in [0.717, 1.165) is 24.9 Å². The van der Waals surface area contributed by atoms with E-state index in [4.69, 9.17) is 4.74 Å². The molecule has 1 amide bonds. The molecule has 1 aromatic rings. The first kappa shape index (κ1) is 17.3. The highest BCUT2D eigenvalue weighted by atomic mass is 16.5. The number of rotatable bonds is 7. The van der Waals surface area contributed by atoms with Gasteiger partial charge in [0.2, 0.25) is 0 Å². The van der Waals surface area contributed by atoms with E-state index in [-0.39, 0.29) is 12.6 Å². The Bertz CT molecular complexity index is 521. The highest BCUT2D eigenvalue weighted by Gasteiger charge is 2.37. The summed E-state index contributed by atoms with van der Waals surface area (Å²) in [5, 5.41) is 12.1. The number of ether oxygens (including phenoxy) is 1. The smallest absolute Gasteiger partial charge is 0.407 e. The van der Waals surface area contributed by atoms with Gasteiger partial charge in [-0.1, -0.05) is 43.7 Å². The maximum atomic E-state index is 11.9. The van der Waals surface area contributed by atoms with E-state index < -0.39 is 18.1 Å². The molecule has 2 rings (SSSR count). The van der Waals surface area contributed by atoms with Gasteiger partial charge in [0.25, 0.3) is 0 Å². The summed E-state index contributed by atoms with van der Waals surface area (Å²) in [4.78, 5) is 25.1. The molecule has 2 atom stereocenters. The molecule has 1 heterocycles. The van der Waals surface area contributed by atoms with Gasteiger partial charge in [-0.3, -0.25) is 9.69 Å². The number of carbonyl (C=O) groups is 2. The van der Waals surface area contributed by atoms with Crippen molar-refractivity contribution in [3.63, 3.8) is 0 Å². The van der Waals surface area contributed by atoms with E-state index in [1.165, 1.54) is 0 Å². The Balaban J connectivity index is 1.80. The Morgan fingerprint density at radius 1 is 1.35 bits per heavy atom. The van der Waals surface area contributed by atoms with Crippen LogP contribution in [0, 0.1) is 0 Å². The highest BCUT2D eigenvalue weighted by molar-refractivity contribution is 5.74. The molecule has 1 saturated heterocycles. The van der Waals surface area contributed by atoms with Crippen LogP contribution in [-0.2, 0) is 16.1 Å². The zero-order valence-electron chi connectivity index (χ0n) is 13.4. The number of carboxylic acids is 1. The summed E-state index contributed by atoms with van der Waals surface area (Å²) in [6, 6.07) is 8.73. The van der Waals surface area contributed by atoms with Crippen molar-refractivity contribution in [1.82, 2.24) is 10.2 Å². The van der Waals surface area contributed by atoms with Crippen molar-refractivity contribution in [2.75, 3.05) is 13.1 Å². The second-order valence-electron chi connectivity index (χ2n) is 5.84. The second-order valence-corrected chi connectivity index (χ2v) is 5.84. The summed E-state index contributed by atoms with van der Waals surface area (Å²) in [6.07, 6.45) is 1.88. The minimum absolute atomic E-state index is 0.184. The summed E-state index contributed by atoms with van der Waals surface area (Å²) in [5.74, 6) is -0.831. The normalized spacial score (nSPS) is 21.1. The van der Waals surface area contributed by atoms with Crippen LogP contribution in [0.3, 0.4) is 0 Å². The van der Waals surface area contributed by atoms with Crippen LogP contribution in [0.1, 0.15) is 31.7 Å². The molecule has 2 N–H and O–H groups in total. The van der Waals surface area contributed by atoms with Gasteiger partial charge in [-0.15, -0.1) is 0 Å². The van der Waals surface area contributed by atoms with Crippen LogP contribution in [0.2, 0.25) is 0 Å². The molecular formula is C17H24N2O4. The lowest BCUT2D eigenvalue weighted by Crippen LogP contribution is -2.38. The first-order valence-electron chi connectivity index (χ1n) is 8.04. The third kappa shape index (κ3) is 5.25. The molecular weight excluding hydrogens is 296 g/mol. The Kier molecular flexibility index (Phi) is 6.40. The molecule has 0 radical (unpaired) electrons. The quantitative estimate of drug-likeness (QED) is 0.805. The number of carbonyl (C=O) groups excluding carboxylic acids is 1. The van der Waals surface area contributed by atoms with Crippen LogP contribution in [0.5, 0.6) is 0 Å². The number of hydrogen-bond acceptors (Lipinski definition) is 4. The lowest BCUT2D eigenvalue weighted by atomic mass is 10.2. The number of hydrogen-bond donors (Lipinski definition) is 2. The average molecular weight is 320 g/mol. The number of likely N-dealkylation sites (tertiary alicyclic amines) is 1. The summed E-state index contributed by atoms with van der Waals surface area (Å²) < 4.78 is 5.19. The van der Waals surface area contributed by atoms with Gasteiger partial charge in [0.15, 0.2) is 0 Å². The predicted octanol–water partition coefficient (Wildman–Crippen LogP) is 2.24. The van der Waals surface area contributed by atoms with Gasteiger partial charge in [-0.05, 0) is 24.9 Å². The molecule has 0 saturated carbocycles. The summed E-state index contributed by atoms with van der Waals surface area (Å²) in [5.41, 5.74) is 0.919. The fraction of sp³-hybridized carbons (Fsp3) is 0.529. The number of carboxylic acid groups (broad SMARTS) is 1. The van der Waals surface area contributed by atoms with Crippen molar-refractivity contribution in [2.45, 2.75) is 44.9 Å². The van der Waals surface area contributed by atoms with Crippen molar-refractivity contribution in [2.24, 2.45) is 0 Å². The Labute approximate surface area is 136 Å². The number of nitrogens with one attached hydrogen (secondary N) is 1. The van der Waals surface area contributed by atoms with Gasteiger partial charge in [0, 0.05) is 12.6 Å². The standard InChI is InChI=1S/C17H24N2O4/c1-2-3-9-19-11-14(10-15(19)16(20)21)18-17(22)23-12-13-7-5-4-6-8-13/h4-8,14-15H,2-3,9-12H2,1H3,(H,18,22)(H,20,21). The highest BCUT2D eigenvalue weighted by Crippen LogP contribution is 2.19. The molecule has 0 aromatic heterocycles.